The van der Waals surface area contributed by atoms with Gasteiger partial charge in [-0.2, -0.15) is 0 Å². The summed E-state index contributed by atoms with van der Waals surface area (Å²) < 4.78 is 11.2. The van der Waals surface area contributed by atoms with Crippen LogP contribution in [-0.4, -0.2) is 98.4 Å². The first-order valence-corrected chi connectivity index (χ1v) is 12.8. The maximum atomic E-state index is 13.0. The summed E-state index contributed by atoms with van der Waals surface area (Å²) in [7, 11) is 7.21. The van der Waals surface area contributed by atoms with Crippen LogP contribution in [0.4, 0.5) is 0 Å². The molecule has 1 heterocycles. The second-order valence-corrected chi connectivity index (χ2v) is 11.6. The van der Waals surface area contributed by atoms with Crippen molar-refractivity contribution in [3.63, 3.8) is 0 Å². The lowest BCUT2D eigenvalue weighted by Crippen LogP contribution is -2.66. The molecule has 0 aromatic carbocycles. The monoisotopic (exact) mass is 497 g/mol. The van der Waals surface area contributed by atoms with E-state index < -0.39 is 17.2 Å². The zero-order chi connectivity index (χ0) is 26.5. The maximum absolute atomic E-state index is 13.0. The number of hydrogen-bond acceptors (Lipinski definition) is 8. The smallest absolute Gasteiger partial charge is 0.319 e. The molecule has 2 aliphatic rings. The van der Waals surface area contributed by atoms with Gasteiger partial charge in [-0.1, -0.05) is 13.3 Å². The summed E-state index contributed by atoms with van der Waals surface area (Å²) in [5.41, 5.74) is -1.74. The number of aliphatic hydroxyl groups is 1. The number of carbonyl (C=O) groups excluding carboxylic acids is 3. The second-order valence-electron chi connectivity index (χ2n) is 11.6. The molecule has 0 aromatic rings. The zero-order valence-corrected chi connectivity index (χ0v) is 22.9. The van der Waals surface area contributed by atoms with Crippen molar-refractivity contribution in [1.82, 2.24) is 15.1 Å². The number of rotatable bonds is 7. The number of ketones is 1. The third-order valence-electron chi connectivity index (χ3n) is 7.98. The Morgan fingerprint density at radius 3 is 2.46 bits per heavy atom. The van der Waals surface area contributed by atoms with Crippen LogP contribution in [-0.2, 0) is 23.9 Å². The maximum Gasteiger partial charge on any atom is 0.319 e. The van der Waals surface area contributed by atoms with Crippen molar-refractivity contribution in [2.75, 3.05) is 54.5 Å². The van der Waals surface area contributed by atoms with Gasteiger partial charge >= 0.3 is 5.97 Å². The summed E-state index contributed by atoms with van der Waals surface area (Å²) in [5, 5.41) is 14.0. The molecular weight excluding hydrogens is 450 g/mol. The highest BCUT2D eigenvalue weighted by atomic mass is 16.6. The minimum atomic E-state index is -1.40. The van der Waals surface area contributed by atoms with Gasteiger partial charge in [0.1, 0.15) is 17.8 Å². The molecule has 0 bridgehead atoms. The van der Waals surface area contributed by atoms with Crippen LogP contribution in [0, 0.1) is 10.8 Å². The Kier molecular flexibility index (Phi) is 9.89. The van der Waals surface area contributed by atoms with E-state index in [2.05, 4.69) is 17.1 Å². The highest BCUT2D eigenvalue weighted by Crippen LogP contribution is 2.54. The van der Waals surface area contributed by atoms with Gasteiger partial charge in [-0.3, -0.25) is 19.3 Å². The van der Waals surface area contributed by atoms with Gasteiger partial charge in [-0.25, -0.2) is 0 Å². The number of cyclic esters (lactones) is 1. The summed E-state index contributed by atoms with van der Waals surface area (Å²) >= 11 is 0. The first kappa shape index (κ1) is 29.7. The van der Waals surface area contributed by atoms with Gasteiger partial charge in [0.25, 0.3) is 0 Å². The molecule has 9 heteroatoms. The van der Waals surface area contributed by atoms with Gasteiger partial charge < -0.3 is 24.8 Å². The Morgan fingerprint density at radius 1 is 1.23 bits per heavy atom. The molecule has 0 aromatic heterocycles. The van der Waals surface area contributed by atoms with Gasteiger partial charge in [0.15, 0.2) is 5.79 Å². The molecular formula is C26H47N3O6. The van der Waals surface area contributed by atoms with E-state index in [1.807, 2.05) is 26.0 Å². The van der Waals surface area contributed by atoms with E-state index in [-0.39, 0.29) is 42.1 Å². The lowest BCUT2D eigenvalue weighted by molar-refractivity contribution is -0.197. The number of ether oxygens (including phenoxy) is 2. The number of esters is 1. The molecule has 0 unspecified atom stereocenters. The van der Waals surface area contributed by atoms with Gasteiger partial charge in [0.2, 0.25) is 5.91 Å². The van der Waals surface area contributed by atoms with Crippen LogP contribution in [0.5, 0.6) is 0 Å². The number of likely N-dealkylation sites (N-methyl/N-ethyl adjacent to an activating group) is 2. The highest BCUT2D eigenvalue weighted by molar-refractivity contribution is 6.02. The Balaban J connectivity index is 2.23. The molecule has 1 saturated heterocycles. The molecule has 9 nitrogen and oxygen atoms in total. The number of methoxy groups -OCH3 is 1. The number of carbonyl (C=O) groups is 3. The summed E-state index contributed by atoms with van der Waals surface area (Å²) in [5.74, 6) is -2.21. The van der Waals surface area contributed by atoms with Gasteiger partial charge in [0, 0.05) is 32.9 Å². The summed E-state index contributed by atoms with van der Waals surface area (Å²) in [6.07, 6.45) is 4.77. The topological polar surface area (TPSA) is 108 Å². The predicted molar refractivity (Wildman–Crippen MR) is 134 cm³/mol. The number of Topliss-reactive ketones (excluding diaryl/α,β-unsaturated/α-hetero) is 1. The first-order valence-electron chi connectivity index (χ1n) is 12.8. The van der Waals surface area contributed by atoms with E-state index >= 15 is 0 Å². The summed E-state index contributed by atoms with van der Waals surface area (Å²) in [6.45, 7) is 7.13. The molecule has 2 rings (SSSR count). The van der Waals surface area contributed by atoms with Crippen LogP contribution in [0.3, 0.4) is 0 Å². The van der Waals surface area contributed by atoms with Gasteiger partial charge in [-0.05, 0) is 72.6 Å². The van der Waals surface area contributed by atoms with Crippen LogP contribution in [0.2, 0.25) is 0 Å². The van der Waals surface area contributed by atoms with Crippen molar-refractivity contribution in [2.24, 2.45) is 10.8 Å². The lowest BCUT2D eigenvalue weighted by atomic mass is 9.55. The third-order valence-corrected chi connectivity index (χ3v) is 7.98. The minimum absolute atomic E-state index is 0.000246. The molecule has 1 aliphatic carbocycles. The van der Waals surface area contributed by atoms with E-state index in [9.17, 15) is 19.5 Å². The van der Waals surface area contributed by atoms with Crippen molar-refractivity contribution in [3.05, 3.63) is 0 Å². The van der Waals surface area contributed by atoms with E-state index in [0.29, 0.717) is 32.5 Å². The van der Waals surface area contributed by atoms with Crippen LogP contribution in [0.15, 0.2) is 0 Å². The highest BCUT2D eigenvalue weighted by Gasteiger charge is 2.57. The van der Waals surface area contributed by atoms with Crippen molar-refractivity contribution < 1.29 is 29.0 Å². The molecule has 2 N–H and O–H groups in total. The lowest BCUT2D eigenvalue weighted by Gasteiger charge is -2.60. The minimum Gasteiger partial charge on any atom is -0.463 e. The quantitative estimate of drug-likeness (QED) is 0.312. The molecule has 1 aliphatic heterocycles. The Hall–Kier alpha value is -1.55. The molecule has 2 fully saturated rings. The van der Waals surface area contributed by atoms with Crippen LogP contribution >= 0.6 is 0 Å². The first-order chi connectivity index (χ1) is 16.2. The third kappa shape index (κ3) is 7.24. The molecule has 1 atom stereocenters. The fourth-order valence-corrected chi connectivity index (χ4v) is 5.65. The Bertz CT molecular complexity index is 762. The molecule has 0 radical (unpaired) electrons. The Labute approximate surface area is 210 Å². The standard InChI is InChI=1S/C26H47N3O6/c1-8-11-24(18-27-21(31)15-28(4)5)16-25(17-24)19-35-22(32)23(2,3)20(30)10-13-26(33,34-7)12-9-14-29(25)6/h33H,8-19H2,1-7H3,(H,27,31)/t24?,25?,26-/m1/s1. The fraction of sp³-hybridized carbons (Fsp3) is 0.885. The summed E-state index contributed by atoms with van der Waals surface area (Å²) in [4.78, 5) is 42.2. The van der Waals surface area contributed by atoms with E-state index in [1.165, 1.54) is 7.11 Å². The normalized spacial score (nSPS) is 32.8. The Morgan fingerprint density at radius 2 is 1.89 bits per heavy atom. The number of nitrogens with one attached hydrogen (secondary N) is 1. The molecule has 202 valence electrons. The van der Waals surface area contributed by atoms with E-state index in [0.717, 1.165) is 25.7 Å². The number of amides is 1. The van der Waals surface area contributed by atoms with E-state index in [1.54, 1.807) is 13.8 Å². The van der Waals surface area contributed by atoms with Crippen molar-refractivity contribution in [3.8, 4) is 0 Å². The van der Waals surface area contributed by atoms with Crippen LogP contribution in [0.25, 0.3) is 0 Å². The summed E-state index contributed by atoms with van der Waals surface area (Å²) in [6, 6.07) is 0. The number of nitrogens with zero attached hydrogens (tertiary/aromatic N) is 2. The van der Waals surface area contributed by atoms with Gasteiger partial charge in [0.05, 0.1) is 12.1 Å². The molecule has 35 heavy (non-hydrogen) atoms. The largest absolute Gasteiger partial charge is 0.463 e. The van der Waals surface area contributed by atoms with Gasteiger partial charge in [-0.15, -0.1) is 0 Å². The fourth-order valence-electron chi connectivity index (χ4n) is 5.65. The zero-order valence-electron chi connectivity index (χ0n) is 22.9. The van der Waals surface area contributed by atoms with Crippen molar-refractivity contribution in [2.45, 2.75) is 83.5 Å². The van der Waals surface area contributed by atoms with Crippen molar-refractivity contribution in [1.29, 1.82) is 0 Å². The molecule has 1 saturated carbocycles. The van der Waals surface area contributed by atoms with E-state index in [4.69, 9.17) is 9.47 Å². The predicted octanol–water partition coefficient (Wildman–Crippen LogP) is 1.96. The SMILES string of the molecule is CCCC1(CNC(=O)CN(C)C)CC2(COC(=O)C(C)(C)C(=O)CC[C@](O)(OC)CCCN2C)C1. The molecule has 1 amide bonds. The van der Waals surface area contributed by atoms with Crippen molar-refractivity contribution >= 4 is 17.7 Å². The average molecular weight is 498 g/mol. The van der Waals surface area contributed by atoms with Crippen LogP contribution < -0.4 is 5.32 Å². The second kappa shape index (κ2) is 11.7. The average Bonchev–Trinajstić information content (AvgIpc) is 2.76. The number of hydrogen-bond donors (Lipinski definition) is 2. The van der Waals surface area contributed by atoms with Crippen LogP contribution in [0.1, 0.15) is 72.1 Å². The molecule has 1 spiro atoms.